The van der Waals surface area contributed by atoms with Crippen molar-refractivity contribution in [2.45, 2.75) is 0 Å². The Morgan fingerprint density at radius 3 is 2.90 bits per heavy atom. The van der Waals surface area contributed by atoms with E-state index < -0.39 is 5.95 Å². The minimum absolute atomic E-state index is 0.335. The summed E-state index contributed by atoms with van der Waals surface area (Å²) in [6.07, 6.45) is 1.18. The van der Waals surface area contributed by atoms with Crippen LogP contribution in [0.2, 0.25) is 0 Å². The molecule has 1 heterocycles. The van der Waals surface area contributed by atoms with Gasteiger partial charge in [-0.3, -0.25) is 0 Å². The van der Waals surface area contributed by atoms with E-state index >= 15 is 0 Å². The smallest absolute Gasteiger partial charge is 0.214 e. The zero-order valence-corrected chi connectivity index (χ0v) is 6.39. The molecule has 0 saturated heterocycles. The zero-order chi connectivity index (χ0) is 7.56. The number of halogens is 2. The van der Waals surface area contributed by atoms with Gasteiger partial charge >= 0.3 is 0 Å². The molecule has 0 aliphatic rings. The summed E-state index contributed by atoms with van der Waals surface area (Å²) in [5.74, 6) is -0.592. The third-order valence-electron chi connectivity index (χ3n) is 0.941. The van der Waals surface area contributed by atoms with Crippen molar-refractivity contribution < 1.29 is 4.39 Å². The standard InChI is InChI=1S/C6H2BrFN2/c7-5-1-6(8)10-3-4(5)2-9/h1,3H. The van der Waals surface area contributed by atoms with Crippen LogP contribution in [0.15, 0.2) is 16.7 Å². The maximum Gasteiger partial charge on any atom is 0.214 e. The summed E-state index contributed by atoms with van der Waals surface area (Å²) in [5.41, 5.74) is 0.335. The fraction of sp³-hybridized carbons (Fsp3) is 0. The van der Waals surface area contributed by atoms with Gasteiger partial charge in [-0.15, -0.1) is 0 Å². The van der Waals surface area contributed by atoms with Crippen LogP contribution < -0.4 is 0 Å². The van der Waals surface area contributed by atoms with Crippen LogP contribution in [0.3, 0.4) is 0 Å². The highest BCUT2D eigenvalue weighted by Crippen LogP contribution is 2.14. The third-order valence-corrected chi connectivity index (χ3v) is 1.60. The molecule has 0 fully saturated rings. The highest BCUT2D eigenvalue weighted by atomic mass is 79.9. The predicted octanol–water partition coefficient (Wildman–Crippen LogP) is 1.85. The Balaban J connectivity index is 3.23. The molecule has 0 saturated carbocycles. The Morgan fingerprint density at radius 1 is 1.70 bits per heavy atom. The molecule has 0 unspecified atom stereocenters. The second kappa shape index (κ2) is 2.76. The van der Waals surface area contributed by atoms with Crippen molar-refractivity contribution in [1.29, 1.82) is 5.26 Å². The van der Waals surface area contributed by atoms with Crippen molar-refractivity contribution in [1.82, 2.24) is 4.98 Å². The van der Waals surface area contributed by atoms with Crippen LogP contribution in [0.5, 0.6) is 0 Å². The summed E-state index contributed by atoms with van der Waals surface area (Å²) in [7, 11) is 0. The first-order valence-corrected chi connectivity index (χ1v) is 3.24. The molecule has 0 N–H and O–H groups in total. The van der Waals surface area contributed by atoms with Crippen LogP contribution in [-0.4, -0.2) is 4.98 Å². The molecule has 0 spiro atoms. The van der Waals surface area contributed by atoms with Gasteiger partial charge in [-0.25, -0.2) is 4.98 Å². The highest BCUT2D eigenvalue weighted by Gasteiger charge is 1.99. The van der Waals surface area contributed by atoms with Gasteiger partial charge in [0.2, 0.25) is 5.95 Å². The Kier molecular flexibility index (Phi) is 1.97. The highest BCUT2D eigenvalue weighted by molar-refractivity contribution is 9.10. The van der Waals surface area contributed by atoms with E-state index in [1.54, 1.807) is 0 Å². The van der Waals surface area contributed by atoms with Crippen molar-refractivity contribution in [2.24, 2.45) is 0 Å². The lowest BCUT2D eigenvalue weighted by Gasteiger charge is -1.91. The van der Waals surface area contributed by atoms with E-state index in [0.29, 0.717) is 10.0 Å². The molecular formula is C6H2BrFN2. The molecule has 0 amide bonds. The minimum atomic E-state index is -0.592. The summed E-state index contributed by atoms with van der Waals surface area (Å²) in [6.45, 7) is 0. The first kappa shape index (κ1) is 7.16. The maximum absolute atomic E-state index is 12.2. The van der Waals surface area contributed by atoms with Crippen molar-refractivity contribution in [3.05, 3.63) is 28.2 Å². The van der Waals surface area contributed by atoms with Crippen LogP contribution in [0.1, 0.15) is 5.56 Å². The number of pyridine rings is 1. The molecule has 10 heavy (non-hydrogen) atoms. The summed E-state index contributed by atoms with van der Waals surface area (Å²) in [5, 5.41) is 8.37. The Hall–Kier alpha value is -0.950. The monoisotopic (exact) mass is 200 g/mol. The maximum atomic E-state index is 12.2. The Labute approximate surface area is 65.4 Å². The molecule has 0 aliphatic carbocycles. The van der Waals surface area contributed by atoms with Crippen LogP contribution in [0.4, 0.5) is 4.39 Å². The topological polar surface area (TPSA) is 36.7 Å². The molecule has 2 nitrogen and oxygen atoms in total. The lowest BCUT2D eigenvalue weighted by Crippen LogP contribution is -1.84. The van der Waals surface area contributed by atoms with E-state index in [-0.39, 0.29) is 0 Å². The van der Waals surface area contributed by atoms with Crippen LogP contribution in [-0.2, 0) is 0 Å². The van der Waals surface area contributed by atoms with Gasteiger partial charge in [-0.1, -0.05) is 0 Å². The summed E-state index contributed by atoms with van der Waals surface area (Å²) >= 11 is 3.00. The second-order valence-corrected chi connectivity index (χ2v) is 2.45. The molecule has 1 rings (SSSR count). The molecule has 0 aromatic carbocycles. The van der Waals surface area contributed by atoms with E-state index in [0.717, 1.165) is 6.07 Å². The number of nitriles is 1. The van der Waals surface area contributed by atoms with Gasteiger partial charge < -0.3 is 0 Å². The molecule has 0 radical (unpaired) electrons. The second-order valence-electron chi connectivity index (χ2n) is 1.60. The van der Waals surface area contributed by atoms with Crippen molar-refractivity contribution in [3.8, 4) is 6.07 Å². The van der Waals surface area contributed by atoms with Gasteiger partial charge in [0.05, 0.1) is 5.56 Å². The van der Waals surface area contributed by atoms with Crippen molar-refractivity contribution in [2.75, 3.05) is 0 Å². The van der Waals surface area contributed by atoms with Crippen molar-refractivity contribution >= 4 is 15.9 Å². The fourth-order valence-corrected chi connectivity index (χ4v) is 0.870. The van der Waals surface area contributed by atoms with E-state index in [4.69, 9.17) is 5.26 Å². The molecule has 4 heteroatoms. The van der Waals surface area contributed by atoms with Gasteiger partial charge in [0.25, 0.3) is 0 Å². The minimum Gasteiger partial charge on any atom is -0.227 e. The Morgan fingerprint density at radius 2 is 2.40 bits per heavy atom. The number of aromatic nitrogens is 1. The van der Waals surface area contributed by atoms with Gasteiger partial charge in [0.1, 0.15) is 6.07 Å². The van der Waals surface area contributed by atoms with Gasteiger partial charge in [-0.2, -0.15) is 9.65 Å². The van der Waals surface area contributed by atoms with Crippen LogP contribution in [0.25, 0.3) is 0 Å². The summed E-state index contributed by atoms with van der Waals surface area (Å²) in [6, 6.07) is 3.00. The average Bonchev–Trinajstić information content (AvgIpc) is 1.88. The van der Waals surface area contributed by atoms with Gasteiger partial charge in [-0.05, 0) is 15.9 Å². The van der Waals surface area contributed by atoms with Gasteiger partial charge in [0, 0.05) is 16.7 Å². The van der Waals surface area contributed by atoms with E-state index in [1.165, 1.54) is 6.20 Å². The third kappa shape index (κ3) is 1.31. The van der Waals surface area contributed by atoms with E-state index in [2.05, 4.69) is 20.9 Å². The molecule has 50 valence electrons. The molecule has 1 aromatic heterocycles. The molecule has 0 aliphatic heterocycles. The summed E-state index contributed by atoms with van der Waals surface area (Å²) in [4.78, 5) is 3.29. The lowest BCUT2D eigenvalue weighted by molar-refractivity contribution is 0.582. The van der Waals surface area contributed by atoms with Gasteiger partial charge in [0.15, 0.2) is 0 Å². The molecule has 0 atom stereocenters. The number of hydrogen-bond donors (Lipinski definition) is 0. The normalized spacial score (nSPS) is 8.90. The van der Waals surface area contributed by atoms with E-state index in [9.17, 15) is 4.39 Å². The lowest BCUT2D eigenvalue weighted by atomic mass is 10.3. The predicted molar refractivity (Wildman–Crippen MR) is 36.6 cm³/mol. The number of rotatable bonds is 0. The molecular weight excluding hydrogens is 199 g/mol. The van der Waals surface area contributed by atoms with Crippen molar-refractivity contribution in [3.63, 3.8) is 0 Å². The largest absolute Gasteiger partial charge is 0.227 e. The number of hydrogen-bond acceptors (Lipinski definition) is 2. The molecule has 0 bridgehead atoms. The molecule has 1 aromatic rings. The quantitative estimate of drug-likeness (QED) is 0.600. The van der Waals surface area contributed by atoms with Crippen LogP contribution in [0, 0.1) is 17.3 Å². The Bertz CT molecular complexity index is 292. The van der Waals surface area contributed by atoms with Crippen LogP contribution >= 0.6 is 15.9 Å². The zero-order valence-electron chi connectivity index (χ0n) is 4.81. The fourth-order valence-electron chi connectivity index (χ4n) is 0.490. The average molecular weight is 201 g/mol. The first-order valence-electron chi connectivity index (χ1n) is 2.45. The first-order chi connectivity index (χ1) is 4.74. The SMILES string of the molecule is N#Cc1cnc(F)cc1Br. The number of nitrogens with zero attached hydrogens (tertiary/aromatic N) is 2. The summed E-state index contributed by atoms with van der Waals surface area (Å²) < 4.78 is 12.7. The van der Waals surface area contributed by atoms with E-state index in [1.807, 2.05) is 6.07 Å².